The van der Waals surface area contributed by atoms with Gasteiger partial charge < -0.3 is 5.32 Å². The van der Waals surface area contributed by atoms with Crippen LogP contribution in [0.4, 0.5) is 11.4 Å². The topological polar surface area (TPSA) is 93.0 Å². The van der Waals surface area contributed by atoms with Gasteiger partial charge in [0.05, 0.1) is 22.7 Å². The van der Waals surface area contributed by atoms with Gasteiger partial charge in [-0.15, -0.1) is 5.10 Å². The third kappa shape index (κ3) is 3.17. The molecule has 148 valence electrons. The maximum atomic E-state index is 13.4. The summed E-state index contributed by atoms with van der Waals surface area (Å²) in [6.07, 6.45) is 4.48. The fourth-order valence-corrected chi connectivity index (χ4v) is 4.78. The third-order valence-electron chi connectivity index (χ3n) is 5.49. The van der Waals surface area contributed by atoms with Crippen molar-refractivity contribution in [1.29, 1.82) is 0 Å². The average molecular weight is 401 g/mol. The Morgan fingerprint density at radius 2 is 2.00 bits per heavy atom. The highest BCUT2D eigenvalue weighted by Gasteiger charge is 2.45. The molecular weight excluding hydrogens is 376 g/mol. The number of carbonyl (C=O) groups is 2. The predicted molar refractivity (Wildman–Crippen MR) is 107 cm³/mol. The first-order valence-electron chi connectivity index (χ1n) is 9.58. The van der Waals surface area contributed by atoms with Crippen molar-refractivity contribution in [3.05, 3.63) is 24.3 Å². The summed E-state index contributed by atoms with van der Waals surface area (Å²) in [5, 5.41) is 15.2. The Morgan fingerprint density at radius 1 is 1.29 bits per heavy atom. The Balaban J connectivity index is 1.60. The Morgan fingerprint density at radius 3 is 2.75 bits per heavy atom. The van der Waals surface area contributed by atoms with Gasteiger partial charge in [-0.25, -0.2) is 4.68 Å². The summed E-state index contributed by atoms with van der Waals surface area (Å²) in [7, 11) is 0. The molecule has 1 atom stereocenters. The molecule has 1 aromatic heterocycles. The Kier molecular flexibility index (Phi) is 4.86. The van der Waals surface area contributed by atoms with Crippen LogP contribution in [0.1, 0.15) is 52.5 Å². The number of nitrogens with zero attached hydrogens (tertiary/aromatic N) is 5. The van der Waals surface area contributed by atoms with Crippen LogP contribution in [0.15, 0.2) is 29.4 Å². The quantitative estimate of drug-likeness (QED) is 0.793. The second-order valence-corrected chi connectivity index (χ2v) is 9.12. The van der Waals surface area contributed by atoms with Gasteiger partial charge in [0.1, 0.15) is 5.54 Å². The monoisotopic (exact) mass is 400 g/mol. The molecule has 0 unspecified atom stereocenters. The van der Waals surface area contributed by atoms with Crippen LogP contribution < -0.4 is 10.2 Å². The molecule has 2 aromatic rings. The van der Waals surface area contributed by atoms with Gasteiger partial charge in [-0.3, -0.25) is 14.5 Å². The van der Waals surface area contributed by atoms with Crippen molar-refractivity contribution >= 4 is 35.0 Å². The van der Waals surface area contributed by atoms with E-state index in [0.717, 1.165) is 12.8 Å². The molecule has 0 bridgehead atoms. The lowest BCUT2D eigenvalue weighted by Gasteiger charge is -2.43. The van der Waals surface area contributed by atoms with Crippen molar-refractivity contribution in [1.82, 2.24) is 20.2 Å². The lowest BCUT2D eigenvalue weighted by Crippen LogP contribution is -2.60. The summed E-state index contributed by atoms with van der Waals surface area (Å²) in [4.78, 5) is 27.6. The number of anilines is 2. The number of fused-ring (bicyclic) bond motifs is 1. The molecule has 0 saturated heterocycles. The normalized spacial score (nSPS) is 20.0. The lowest BCUT2D eigenvalue weighted by atomic mass is 9.96. The van der Waals surface area contributed by atoms with Gasteiger partial charge >= 0.3 is 0 Å². The first-order valence-corrected chi connectivity index (χ1v) is 10.5. The second-order valence-electron chi connectivity index (χ2n) is 7.81. The smallest absolute Gasteiger partial charge is 0.250 e. The maximum absolute atomic E-state index is 13.4. The van der Waals surface area contributed by atoms with E-state index in [1.807, 2.05) is 29.8 Å². The minimum atomic E-state index is -0.988. The van der Waals surface area contributed by atoms with Crippen LogP contribution in [0, 0.1) is 0 Å². The SMILES string of the molecule is C[C@@H](Sc1nnnn1C1CCCC1)C(=O)N1c2ccccc2NC(=O)C1(C)C. The number of aromatic nitrogens is 4. The van der Waals surface area contributed by atoms with E-state index >= 15 is 0 Å². The number of nitrogens with one attached hydrogen (secondary N) is 1. The van der Waals surface area contributed by atoms with E-state index in [1.54, 1.807) is 24.8 Å². The molecule has 8 nitrogen and oxygen atoms in total. The van der Waals surface area contributed by atoms with E-state index in [2.05, 4.69) is 20.8 Å². The predicted octanol–water partition coefficient (Wildman–Crippen LogP) is 3.03. The number of para-hydroxylation sites is 2. The molecule has 0 spiro atoms. The summed E-state index contributed by atoms with van der Waals surface area (Å²) in [5.74, 6) is -0.342. The lowest BCUT2D eigenvalue weighted by molar-refractivity contribution is -0.126. The van der Waals surface area contributed by atoms with Crippen LogP contribution in [-0.2, 0) is 9.59 Å². The van der Waals surface area contributed by atoms with Crippen molar-refractivity contribution in [2.75, 3.05) is 10.2 Å². The Bertz CT molecular complexity index is 905. The summed E-state index contributed by atoms with van der Waals surface area (Å²) >= 11 is 1.35. The number of hydrogen-bond acceptors (Lipinski definition) is 6. The van der Waals surface area contributed by atoms with Crippen LogP contribution >= 0.6 is 11.8 Å². The number of thioether (sulfide) groups is 1. The Hall–Kier alpha value is -2.42. The molecule has 0 radical (unpaired) electrons. The molecule has 2 heterocycles. The third-order valence-corrected chi connectivity index (χ3v) is 6.53. The van der Waals surface area contributed by atoms with E-state index in [4.69, 9.17) is 0 Å². The average Bonchev–Trinajstić information content (AvgIpc) is 3.33. The summed E-state index contributed by atoms with van der Waals surface area (Å²) in [6.45, 7) is 5.36. The molecule has 2 aliphatic rings. The van der Waals surface area contributed by atoms with Crippen molar-refractivity contribution in [3.63, 3.8) is 0 Å². The highest BCUT2D eigenvalue weighted by molar-refractivity contribution is 8.00. The van der Waals surface area contributed by atoms with Gasteiger partial charge in [-0.2, -0.15) is 0 Å². The molecule has 9 heteroatoms. The highest BCUT2D eigenvalue weighted by Crippen LogP contribution is 2.39. The first-order chi connectivity index (χ1) is 13.4. The minimum absolute atomic E-state index is 0.140. The zero-order chi connectivity index (χ0) is 19.9. The van der Waals surface area contributed by atoms with E-state index < -0.39 is 10.8 Å². The van der Waals surface area contributed by atoms with Crippen LogP contribution in [-0.4, -0.2) is 42.8 Å². The zero-order valence-electron chi connectivity index (χ0n) is 16.3. The molecule has 1 aromatic carbocycles. The van der Waals surface area contributed by atoms with Crippen LogP contribution in [0.3, 0.4) is 0 Å². The standard InChI is InChI=1S/C19H24N6O2S/c1-12(28-18-21-22-23-25(18)13-8-4-5-9-13)16(26)24-15-11-7-6-10-14(15)20-17(27)19(24,2)3/h6-7,10-13H,4-5,8-9H2,1-3H3,(H,20,27)/t12-/m1/s1. The zero-order valence-corrected chi connectivity index (χ0v) is 17.1. The van der Waals surface area contributed by atoms with E-state index in [1.165, 1.54) is 24.6 Å². The summed E-state index contributed by atoms with van der Waals surface area (Å²) < 4.78 is 1.85. The van der Waals surface area contributed by atoms with Crippen LogP contribution in [0.25, 0.3) is 0 Å². The molecule has 1 saturated carbocycles. The van der Waals surface area contributed by atoms with Gasteiger partial charge in [0.15, 0.2) is 0 Å². The number of rotatable bonds is 4. The summed E-state index contributed by atoms with van der Waals surface area (Å²) in [5.41, 5.74) is 0.366. The molecule has 2 amide bonds. The largest absolute Gasteiger partial charge is 0.322 e. The van der Waals surface area contributed by atoms with Crippen molar-refractivity contribution in [3.8, 4) is 0 Å². The Labute approximate surface area is 168 Å². The first kappa shape index (κ1) is 18.9. The number of amides is 2. The molecule has 1 fully saturated rings. The van der Waals surface area contributed by atoms with Crippen LogP contribution in [0.2, 0.25) is 0 Å². The molecular formula is C19H24N6O2S. The van der Waals surface area contributed by atoms with E-state index in [-0.39, 0.29) is 11.8 Å². The molecule has 4 rings (SSSR count). The second kappa shape index (κ2) is 7.20. The van der Waals surface area contributed by atoms with Gasteiger partial charge in [-0.1, -0.05) is 36.7 Å². The number of tetrazole rings is 1. The summed E-state index contributed by atoms with van der Waals surface area (Å²) in [6, 6.07) is 7.67. The van der Waals surface area contributed by atoms with Crippen molar-refractivity contribution in [2.45, 2.75) is 68.4 Å². The van der Waals surface area contributed by atoms with Crippen molar-refractivity contribution < 1.29 is 9.59 Å². The van der Waals surface area contributed by atoms with Gasteiger partial charge in [0, 0.05) is 0 Å². The highest BCUT2D eigenvalue weighted by atomic mass is 32.2. The van der Waals surface area contributed by atoms with Gasteiger partial charge in [0.25, 0.3) is 0 Å². The number of carbonyl (C=O) groups excluding carboxylic acids is 2. The van der Waals surface area contributed by atoms with Crippen LogP contribution in [0.5, 0.6) is 0 Å². The van der Waals surface area contributed by atoms with E-state index in [0.29, 0.717) is 22.6 Å². The van der Waals surface area contributed by atoms with Gasteiger partial charge in [0.2, 0.25) is 17.0 Å². The molecule has 1 aliphatic carbocycles. The fraction of sp³-hybridized carbons (Fsp3) is 0.526. The van der Waals surface area contributed by atoms with Gasteiger partial charge in [-0.05, 0) is 56.2 Å². The number of hydrogen-bond donors (Lipinski definition) is 1. The molecule has 28 heavy (non-hydrogen) atoms. The molecule has 1 N–H and O–H groups in total. The van der Waals surface area contributed by atoms with Crippen molar-refractivity contribution in [2.24, 2.45) is 0 Å². The fourth-order valence-electron chi connectivity index (χ4n) is 3.88. The number of benzene rings is 1. The van der Waals surface area contributed by atoms with E-state index in [9.17, 15) is 9.59 Å². The molecule has 1 aliphatic heterocycles. The minimum Gasteiger partial charge on any atom is -0.322 e. The maximum Gasteiger partial charge on any atom is 0.250 e.